The van der Waals surface area contributed by atoms with E-state index in [1.165, 1.54) is 37.3 Å². The molecule has 0 radical (unpaired) electrons. The number of ether oxygens (including phenoxy) is 4. The molecule has 1 aromatic carbocycles. The van der Waals surface area contributed by atoms with Gasteiger partial charge < -0.3 is 24.3 Å². The van der Waals surface area contributed by atoms with Crippen LogP contribution in [0, 0.1) is 0 Å². The summed E-state index contributed by atoms with van der Waals surface area (Å²) in [6, 6.07) is 5.50. The van der Waals surface area contributed by atoms with Crippen molar-refractivity contribution in [3.05, 3.63) is 48.0 Å². The molecule has 1 saturated heterocycles. The molecule has 1 spiro atoms. The Bertz CT molecular complexity index is 872. The van der Waals surface area contributed by atoms with Crippen molar-refractivity contribution in [2.45, 2.75) is 56.1 Å². The summed E-state index contributed by atoms with van der Waals surface area (Å²) in [4.78, 5) is 24.8. The fraction of sp³-hybridized carbons (Fsp3) is 0.524. The quantitative estimate of drug-likeness (QED) is 0.557. The zero-order chi connectivity index (χ0) is 23.1. The third kappa shape index (κ3) is 4.07. The van der Waals surface area contributed by atoms with Crippen LogP contribution < -0.4 is 5.32 Å². The predicted octanol–water partition coefficient (Wildman–Crippen LogP) is 2.60. The Hall–Kier alpha value is -2.43. The van der Waals surface area contributed by atoms with Crippen LogP contribution in [0.5, 0.6) is 0 Å². The summed E-state index contributed by atoms with van der Waals surface area (Å²) in [5, 5.41) is 2.61. The lowest BCUT2D eigenvalue weighted by molar-refractivity contribution is -0.278. The molecular formula is C21H24F3NO6. The molecule has 1 N–H and O–H groups in total. The molecule has 1 amide bonds. The van der Waals surface area contributed by atoms with Crippen LogP contribution in [0.1, 0.15) is 26.3 Å². The second-order valence-electron chi connectivity index (χ2n) is 7.90. The van der Waals surface area contributed by atoms with Gasteiger partial charge in [-0.25, -0.2) is 4.79 Å². The largest absolute Gasteiger partial charge is 0.453 e. The summed E-state index contributed by atoms with van der Waals surface area (Å²) in [5.41, 5.74) is -4.96. The van der Waals surface area contributed by atoms with E-state index in [1.807, 2.05) is 0 Å². The first-order valence-corrected chi connectivity index (χ1v) is 9.56. The van der Waals surface area contributed by atoms with Crippen molar-refractivity contribution in [3.8, 4) is 0 Å². The van der Waals surface area contributed by atoms with Gasteiger partial charge in [0.2, 0.25) is 5.91 Å². The molecule has 1 aromatic rings. The van der Waals surface area contributed by atoms with Crippen LogP contribution in [0.3, 0.4) is 0 Å². The van der Waals surface area contributed by atoms with E-state index < -0.39 is 52.8 Å². The monoisotopic (exact) mass is 443 g/mol. The van der Waals surface area contributed by atoms with Gasteiger partial charge >= 0.3 is 12.1 Å². The summed E-state index contributed by atoms with van der Waals surface area (Å²) in [5.74, 6) is -3.13. The SMILES string of the molecule is COC(C(=O)O[C@H]1C=C[C@]2(COC(C)(C)O2)[C@@H]1NC(C)=O)(c1ccccc1)C(F)(F)F. The minimum atomic E-state index is -5.11. The molecule has 0 saturated carbocycles. The standard InChI is InChI=1S/C21H24F3NO6/c1-13(26)25-16-15(10-11-19(16)12-29-18(2,3)31-19)30-17(27)20(28-4,21(22,23)24)14-8-6-5-7-9-14/h5-11,15-16H,12H2,1-4H3,(H,25,26)/t15-,16+,19-,20?/m0/s1. The number of carbonyl (C=O) groups excluding carboxylic acids is 2. The van der Waals surface area contributed by atoms with Gasteiger partial charge in [-0.2, -0.15) is 13.2 Å². The first-order chi connectivity index (χ1) is 14.4. The number of methoxy groups -OCH3 is 1. The van der Waals surface area contributed by atoms with Crippen molar-refractivity contribution >= 4 is 11.9 Å². The number of esters is 1. The maximum atomic E-state index is 14.1. The van der Waals surface area contributed by atoms with Gasteiger partial charge in [0.15, 0.2) is 5.79 Å². The number of halogens is 3. The fourth-order valence-corrected chi connectivity index (χ4v) is 3.91. The van der Waals surface area contributed by atoms with Crippen LogP contribution in [0.15, 0.2) is 42.5 Å². The third-order valence-corrected chi connectivity index (χ3v) is 5.28. The zero-order valence-corrected chi connectivity index (χ0v) is 17.5. The van der Waals surface area contributed by atoms with E-state index in [4.69, 9.17) is 18.9 Å². The summed E-state index contributed by atoms with van der Waals surface area (Å²) < 4.78 is 64.0. The maximum Gasteiger partial charge on any atom is 0.432 e. The molecule has 1 aliphatic carbocycles. The van der Waals surface area contributed by atoms with Crippen LogP contribution in [-0.2, 0) is 34.1 Å². The Labute approximate surface area is 177 Å². The molecule has 0 bridgehead atoms. The Kier molecular flexibility index (Phi) is 5.94. The van der Waals surface area contributed by atoms with Crippen LogP contribution >= 0.6 is 0 Å². The Balaban J connectivity index is 1.95. The lowest BCUT2D eigenvalue weighted by Gasteiger charge is -2.36. The molecule has 0 aromatic heterocycles. The highest BCUT2D eigenvalue weighted by Gasteiger charge is 2.65. The van der Waals surface area contributed by atoms with Gasteiger partial charge in [-0.1, -0.05) is 30.3 Å². The number of hydrogen-bond acceptors (Lipinski definition) is 6. The molecule has 3 rings (SSSR count). The van der Waals surface area contributed by atoms with Gasteiger partial charge in [-0.05, 0) is 26.0 Å². The second-order valence-corrected chi connectivity index (χ2v) is 7.90. The molecule has 1 heterocycles. The number of hydrogen-bond donors (Lipinski definition) is 1. The normalized spacial score (nSPS) is 29.0. The number of nitrogens with one attached hydrogen (secondary N) is 1. The van der Waals surface area contributed by atoms with E-state index in [-0.39, 0.29) is 6.61 Å². The minimum absolute atomic E-state index is 0.0167. The molecule has 1 unspecified atom stereocenters. The van der Waals surface area contributed by atoms with Gasteiger partial charge in [0.1, 0.15) is 17.7 Å². The van der Waals surface area contributed by atoms with E-state index in [9.17, 15) is 22.8 Å². The summed E-state index contributed by atoms with van der Waals surface area (Å²) in [6.45, 7) is 4.58. The van der Waals surface area contributed by atoms with Gasteiger partial charge in [0.25, 0.3) is 5.60 Å². The highest BCUT2D eigenvalue weighted by atomic mass is 19.4. The van der Waals surface area contributed by atoms with Gasteiger partial charge in [-0.3, -0.25) is 4.79 Å². The average molecular weight is 443 g/mol. The molecule has 10 heteroatoms. The zero-order valence-electron chi connectivity index (χ0n) is 17.5. The van der Waals surface area contributed by atoms with Crippen molar-refractivity contribution in [1.29, 1.82) is 0 Å². The lowest BCUT2D eigenvalue weighted by atomic mass is 9.92. The number of rotatable bonds is 5. The van der Waals surface area contributed by atoms with Crippen molar-refractivity contribution in [2.75, 3.05) is 13.7 Å². The first kappa shape index (κ1) is 23.2. The lowest BCUT2D eigenvalue weighted by Crippen LogP contribution is -2.58. The molecular weight excluding hydrogens is 419 g/mol. The van der Waals surface area contributed by atoms with Crippen molar-refractivity contribution in [2.24, 2.45) is 0 Å². The number of benzene rings is 1. The fourth-order valence-electron chi connectivity index (χ4n) is 3.91. The number of carbonyl (C=O) groups is 2. The average Bonchev–Trinajstić information content (AvgIpc) is 3.15. The summed E-state index contributed by atoms with van der Waals surface area (Å²) >= 11 is 0. The van der Waals surface area contributed by atoms with Crippen LogP contribution in [0.25, 0.3) is 0 Å². The summed E-state index contributed by atoms with van der Waals surface area (Å²) in [6.07, 6.45) is -3.44. The molecule has 2 aliphatic rings. The maximum absolute atomic E-state index is 14.1. The van der Waals surface area contributed by atoms with Gasteiger partial charge in [0.05, 0.1) is 6.61 Å². The number of alkyl halides is 3. The summed E-state index contributed by atoms with van der Waals surface area (Å²) in [7, 11) is 0.787. The van der Waals surface area contributed by atoms with E-state index in [0.29, 0.717) is 0 Å². The van der Waals surface area contributed by atoms with Gasteiger partial charge in [0, 0.05) is 19.6 Å². The van der Waals surface area contributed by atoms with E-state index in [2.05, 4.69) is 5.32 Å². The minimum Gasteiger partial charge on any atom is -0.453 e. The van der Waals surface area contributed by atoms with E-state index in [0.717, 1.165) is 19.2 Å². The molecule has 7 nitrogen and oxygen atoms in total. The smallest absolute Gasteiger partial charge is 0.432 e. The topological polar surface area (TPSA) is 83.1 Å². The number of amides is 1. The molecule has 4 atom stereocenters. The van der Waals surface area contributed by atoms with E-state index >= 15 is 0 Å². The highest BCUT2D eigenvalue weighted by Crippen LogP contribution is 2.45. The Morgan fingerprint density at radius 2 is 1.84 bits per heavy atom. The van der Waals surface area contributed by atoms with Crippen LogP contribution in [-0.4, -0.2) is 55.3 Å². The predicted molar refractivity (Wildman–Crippen MR) is 102 cm³/mol. The highest BCUT2D eigenvalue weighted by molar-refractivity contribution is 5.83. The molecule has 1 aliphatic heterocycles. The van der Waals surface area contributed by atoms with Crippen molar-refractivity contribution in [1.82, 2.24) is 5.32 Å². The van der Waals surface area contributed by atoms with Crippen LogP contribution in [0.4, 0.5) is 13.2 Å². The second kappa shape index (κ2) is 7.92. The first-order valence-electron chi connectivity index (χ1n) is 9.56. The van der Waals surface area contributed by atoms with Crippen molar-refractivity contribution < 1.29 is 41.7 Å². The van der Waals surface area contributed by atoms with Crippen molar-refractivity contribution in [3.63, 3.8) is 0 Å². The Morgan fingerprint density at radius 3 is 2.32 bits per heavy atom. The van der Waals surface area contributed by atoms with Gasteiger partial charge in [-0.15, -0.1) is 0 Å². The molecule has 170 valence electrons. The van der Waals surface area contributed by atoms with Crippen LogP contribution in [0.2, 0.25) is 0 Å². The Morgan fingerprint density at radius 1 is 1.19 bits per heavy atom. The van der Waals surface area contributed by atoms with E-state index in [1.54, 1.807) is 13.8 Å². The third-order valence-electron chi connectivity index (χ3n) is 5.28. The molecule has 31 heavy (non-hydrogen) atoms. The molecule has 1 fully saturated rings.